The molecule has 1 aliphatic heterocycles. The van der Waals surface area contributed by atoms with Gasteiger partial charge in [0.05, 0.1) is 0 Å². The molecule has 3 heteroatoms. The SMILES string of the molecule is CCCCCN(C)CC1CNCCN1C. The van der Waals surface area contributed by atoms with Crippen molar-refractivity contribution < 1.29 is 0 Å². The zero-order chi connectivity index (χ0) is 11.1. The molecule has 1 aliphatic rings. The minimum absolute atomic E-state index is 0.699. The second-order valence-corrected chi connectivity index (χ2v) is 4.81. The van der Waals surface area contributed by atoms with Crippen LogP contribution in [0.25, 0.3) is 0 Å². The predicted octanol–water partition coefficient (Wildman–Crippen LogP) is 1.01. The van der Waals surface area contributed by atoms with Crippen LogP contribution in [0.5, 0.6) is 0 Å². The molecule has 1 unspecified atom stereocenters. The monoisotopic (exact) mass is 213 g/mol. The molecule has 1 atom stereocenters. The van der Waals surface area contributed by atoms with E-state index in [2.05, 4.69) is 36.1 Å². The van der Waals surface area contributed by atoms with Gasteiger partial charge in [0.1, 0.15) is 0 Å². The number of rotatable bonds is 6. The maximum atomic E-state index is 3.47. The standard InChI is InChI=1S/C12H27N3/c1-4-5-6-8-14(2)11-12-10-13-7-9-15(12)3/h12-13H,4-11H2,1-3H3. The summed E-state index contributed by atoms with van der Waals surface area (Å²) in [6, 6.07) is 0.699. The summed E-state index contributed by atoms with van der Waals surface area (Å²) < 4.78 is 0. The Labute approximate surface area is 94.8 Å². The second kappa shape index (κ2) is 7.20. The highest BCUT2D eigenvalue weighted by molar-refractivity contribution is 4.79. The highest BCUT2D eigenvalue weighted by Gasteiger charge is 2.19. The number of unbranched alkanes of at least 4 members (excludes halogenated alkanes) is 2. The summed E-state index contributed by atoms with van der Waals surface area (Å²) in [7, 11) is 4.49. The fourth-order valence-corrected chi connectivity index (χ4v) is 2.15. The molecule has 0 saturated carbocycles. The highest BCUT2D eigenvalue weighted by Crippen LogP contribution is 2.03. The minimum Gasteiger partial charge on any atom is -0.314 e. The van der Waals surface area contributed by atoms with Crippen molar-refractivity contribution in [3.63, 3.8) is 0 Å². The average Bonchev–Trinajstić information content (AvgIpc) is 2.22. The fraction of sp³-hybridized carbons (Fsp3) is 1.00. The Bertz CT molecular complexity index is 161. The molecule has 0 amide bonds. The fourth-order valence-electron chi connectivity index (χ4n) is 2.15. The van der Waals surface area contributed by atoms with Crippen molar-refractivity contribution in [3.05, 3.63) is 0 Å². The molecule has 1 rings (SSSR count). The third-order valence-corrected chi connectivity index (χ3v) is 3.31. The summed E-state index contributed by atoms with van der Waals surface area (Å²) in [6.45, 7) is 8.19. The van der Waals surface area contributed by atoms with E-state index < -0.39 is 0 Å². The van der Waals surface area contributed by atoms with E-state index in [1.807, 2.05) is 0 Å². The van der Waals surface area contributed by atoms with E-state index in [0.717, 1.165) is 13.1 Å². The Kier molecular flexibility index (Phi) is 6.22. The summed E-state index contributed by atoms with van der Waals surface area (Å²) in [4.78, 5) is 4.96. The predicted molar refractivity (Wildman–Crippen MR) is 66.3 cm³/mol. The largest absolute Gasteiger partial charge is 0.314 e. The van der Waals surface area contributed by atoms with Crippen LogP contribution in [0, 0.1) is 0 Å². The molecule has 0 spiro atoms. The van der Waals surface area contributed by atoms with Crippen LogP contribution in [0.3, 0.4) is 0 Å². The van der Waals surface area contributed by atoms with E-state index in [0.29, 0.717) is 6.04 Å². The van der Waals surface area contributed by atoms with Crippen molar-refractivity contribution in [1.29, 1.82) is 0 Å². The van der Waals surface area contributed by atoms with Gasteiger partial charge in [0.15, 0.2) is 0 Å². The first-order valence-electron chi connectivity index (χ1n) is 6.33. The second-order valence-electron chi connectivity index (χ2n) is 4.81. The Morgan fingerprint density at radius 1 is 1.40 bits per heavy atom. The molecule has 0 bridgehead atoms. The summed E-state index contributed by atoms with van der Waals surface area (Å²) in [5, 5.41) is 3.47. The number of likely N-dealkylation sites (N-methyl/N-ethyl adjacent to an activating group) is 2. The molecular formula is C12H27N3. The molecule has 90 valence electrons. The quantitative estimate of drug-likeness (QED) is 0.664. The van der Waals surface area contributed by atoms with Crippen molar-refractivity contribution in [2.24, 2.45) is 0 Å². The van der Waals surface area contributed by atoms with Crippen LogP contribution >= 0.6 is 0 Å². The molecule has 0 aromatic carbocycles. The minimum atomic E-state index is 0.699. The van der Waals surface area contributed by atoms with Crippen LogP contribution in [0.1, 0.15) is 26.2 Å². The summed E-state index contributed by atoms with van der Waals surface area (Å²) in [5.74, 6) is 0. The Balaban J connectivity index is 2.15. The van der Waals surface area contributed by atoms with Crippen LogP contribution < -0.4 is 5.32 Å². The molecule has 0 aromatic rings. The molecule has 0 aliphatic carbocycles. The Morgan fingerprint density at radius 3 is 2.87 bits per heavy atom. The zero-order valence-corrected chi connectivity index (χ0v) is 10.6. The molecular weight excluding hydrogens is 186 g/mol. The van der Waals surface area contributed by atoms with Crippen molar-refractivity contribution in [3.8, 4) is 0 Å². The van der Waals surface area contributed by atoms with Gasteiger partial charge < -0.3 is 10.2 Å². The van der Waals surface area contributed by atoms with Crippen LogP contribution in [0.4, 0.5) is 0 Å². The zero-order valence-electron chi connectivity index (χ0n) is 10.6. The van der Waals surface area contributed by atoms with Crippen molar-refractivity contribution in [1.82, 2.24) is 15.1 Å². The van der Waals surface area contributed by atoms with Gasteiger partial charge in [0, 0.05) is 32.2 Å². The van der Waals surface area contributed by atoms with E-state index in [9.17, 15) is 0 Å². The first-order valence-corrected chi connectivity index (χ1v) is 6.33. The van der Waals surface area contributed by atoms with Gasteiger partial charge in [0.25, 0.3) is 0 Å². The van der Waals surface area contributed by atoms with Crippen LogP contribution in [-0.4, -0.2) is 62.7 Å². The van der Waals surface area contributed by atoms with E-state index >= 15 is 0 Å². The summed E-state index contributed by atoms with van der Waals surface area (Å²) in [5.41, 5.74) is 0. The average molecular weight is 213 g/mol. The molecule has 15 heavy (non-hydrogen) atoms. The number of piperazine rings is 1. The van der Waals surface area contributed by atoms with Gasteiger partial charge in [-0.15, -0.1) is 0 Å². The van der Waals surface area contributed by atoms with Gasteiger partial charge in [-0.3, -0.25) is 4.90 Å². The molecule has 1 heterocycles. The van der Waals surface area contributed by atoms with Gasteiger partial charge in [-0.2, -0.15) is 0 Å². The molecule has 0 radical (unpaired) electrons. The van der Waals surface area contributed by atoms with E-state index in [4.69, 9.17) is 0 Å². The first kappa shape index (κ1) is 12.9. The van der Waals surface area contributed by atoms with Gasteiger partial charge in [-0.25, -0.2) is 0 Å². The topological polar surface area (TPSA) is 18.5 Å². The third-order valence-electron chi connectivity index (χ3n) is 3.31. The third kappa shape index (κ3) is 4.96. The maximum Gasteiger partial charge on any atom is 0.0345 e. The smallest absolute Gasteiger partial charge is 0.0345 e. The maximum absolute atomic E-state index is 3.47. The van der Waals surface area contributed by atoms with Crippen LogP contribution in [-0.2, 0) is 0 Å². The lowest BCUT2D eigenvalue weighted by atomic mass is 10.2. The lowest BCUT2D eigenvalue weighted by Crippen LogP contribution is -2.53. The van der Waals surface area contributed by atoms with Crippen LogP contribution in [0.2, 0.25) is 0 Å². The number of nitrogens with one attached hydrogen (secondary N) is 1. The molecule has 0 aromatic heterocycles. The van der Waals surface area contributed by atoms with Gasteiger partial charge in [-0.1, -0.05) is 19.8 Å². The Hall–Kier alpha value is -0.120. The van der Waals surface area contributed by atoms with E-state index in [-0.39, 0.29) is 0 Å². The van der Waals surface area contributed by atoms with Crippen LogP contribution in [0.15, 0.2) is 0 Å². The number of nitrogens with zero attached hydrogens (tertiary/aromatic N) is 2. The summed E-state index contributed by atoms with van der Waals surface area (Å²) >= 11 is 0. The van der Waals surface area contributed by atoms with E-state index in [1.54, 1.807) is 0 Å². The number of hydrogen-bond donors (Lipinski definition) is 1. The van der Waals surface area contributed by atoms with Gasteiger partial charge >= 0.3 is 0 Å². The first-order chi connectivity index (χ1) is 7.24. The molecule has 1 fully saturated rings. The van der Waals surface area contributed by atoms with Crippen molar-refractivity contribution >= 4 is 0 Å². The van der Waals surface area contributed by atoms with Crippen molar-refractivity contribution in [2.45, 2.75) is 32.2 Å². The summed E-state index contributed by atoms with van der Waals surface area (Å²) in [6.07, 6.45) is 4.03. The van der Waals surface area contributed by atoms with Gasteiger partial charge in [0.2, 0.25) is 0 Å². The Morgan fingerprint density at radius 2 is 2.20 bits per heavy atom. The lowest BCUT2D eigenvalue weighted by molar-refractivity contribution is 0.152. The van der Waals surface area contributed by atoms with E-state index in [1.165, 1.54) is 38.9 Å². The number of hydrogen-bond acceptors (Lipinski definition) is 3. The normalized spacial score (nSPS) is 23.6. The lowest BCUT2D eigenvalue weighted by Gasteiger charge is -2.35. The molecule has 1 saturated heterocycles. The van der Waals surface area contributed by atoms with Gasteiger partial charge in [-0.05, 0) is 27.1 Å². The highest BCUT2D eigenvalue weighted by atomic mass is 15.2. The molecule has 1 N–H and O–H groups in total. The molecule has 3 nitrogen and oxygen atoms in total. The van der Waals surface area contributed by atoms with Crippen molar-refractivity contribution in [2.75, 3.05) is 46.8 Å².